The van der Waals surface area contributed by atoms with Gasteiger partial charge >= 0.3 is 5.69 Å². The molecule has 15 heteroatoms. The molecule has 58 heavy (non-hydrogen) atoms. The smallest absolute Gasteiger partial charge is 0.312 e. The molecule has 300 valence electrons. The molecule has 1 aliphatic heterocycles. The average Bonchev–Trinajstić information content (AvgIpc) is 3.22. The van der Waals surface area contributed by atoms with Gasteiger partial charge in [0.25, 0.3) is 10.0 Å². The Morgan fingerprint density at radius 1 is 0.914 bits per heavy atom. The monoisotopic (exact) mass is 837 g/mol. The number of nitro benzene ring substituents is 1. The van der Waals surface area contributed by atoms with Gasteiger partial charge < -0.3 is 14.5 Å². The standard InChI is InChI=1S/C43H44ClN7O5S2/c1-48(2)20-19-35(29-57-36-11-7-4-8-12-36)56-42-18-15-37(27-41(42)51(52)53)58(54,55)47-43-39-17-14-34(26-40(39)45-30-46-43)50-23-21-49(22-24-50)28-32-25-33(44)13-16-38(32)31-9-5-3-6-10-31/h3-18,25-27,30,35H,19-24,28-29H2,1-2H3,(H,45,46,47). The van der Waals surface area contributed by atoms with E-state index in [1.54, 1.807) is 17.8 Å². The van der Waals surface area contributed by atoms with Crippen molar-refractivity contribution >= 4 is 61.5 Å². The first-order valence-electron chi connectivity index (χ1n) is 18.9. The van der Waals surface area contributed by atoms with E-state index in [-0.39, 0.29) is 22.6 Å². The molecule has 0 radical (unpaired) electrons. The lowest BCUT2D eigenvalue weighted by molar-refractivity contribution is -0.386. The fourth-order valence-corrected chi connectivity index (χ4v) is 9.08. The van der Waals surface area contributed by atoms with Crippen LogP contribution < -0.4 is 14.4 Å². The van der Waals surface area contributed by atoms with Crippen LogP contribution in [0.1, 0.15) is 12.0 Å². The predicted molar refractivity (Wildman–Crippen MR) is 233 cm³/mol. The highest BCUT2D eigenvalue weighted by atomic mass is 35.5. The Balaban J connectivity index is 1.03. The zero-order chi connectivity index (χ0) is 40.6. The van der Waals surface area contributed by atoms with Gasteiger partial charge in [0.15, 0.2) is 11.6 Å². The lowest BCUT2D eigenvalue weighted by Crippen LogP contribution is -2.46. The predicted octanol–water partition coefficient (Wildman–Crippen LogP) is 8.47. The maximum Gasteiger partial charge on any atom is 0.312 e. The molecule has 0 bridgehead atoms. The summed E-state index contributed by atoms with van der Waals surface area (Å²) in [4.78, 5) is 27.8. The number of halogens is 1. The lowest BCUT2D eigenvalue weighted by atomic mass is 9.99. The van der Waals surface area contributed by atoms with Gasteiger partial charge in [-0.25, -0.2) is 18.4 Å². The van der Waals surface area contributed by atoms with E-state index in [0.717, 1.165) is 54.9 Å². The minimum atomic E-state index is -4.30. The van der Waals surface area contributed by atoms with Crippen LogP contribution >= 0.6 is 23.4 Å². The molecule has 5 aromatic carbocycles. The quantitative estimate of drug-likeness (QED) is 0.0572. The summed E-state index contributed by atoms with van der Waals surface area (Å²) in [6, 6.07) is 35.6. The molecular weight excluding hydrogens is 794 g/mol. The van der Waals surface area contributed by atoms with Crippen molar-refractivity contribution in [3.63, 3.8) is 0 Å². The van der Waals surface area contributed by atoms with Crippen LogP contribution in [-0.4, -0.2) is 91.8 Å². The van der Waals surface area contributed by atoms with E-state index < -0.39 is 20.6 Å². The second kappa shape index (κ2) is 18.6. The fourth-order valence-electron chi connectivity index (χ4n) is 6.88. The zero-order valence-corrected chi connectivity index (χ0v) is 34.6. The van der Waals surface area contributed by atoms with Crippen LogP contribution in [0.3, 0.4) is 0 Å². The Morgan fingerprint density at radius 2 is 1.66 bits per heavy atom. The number of nitro groups is 1. The van der Waals surface area contributed by atoms with Gasteiger partial charge in [-0.15, -0.1) is 11.8 Å². The summed E-state index contributed by atoms with van der Waals surface area (Å²) in [5.74, 6) is 0.625. The minimum Gasteiger partial charge on any atom is -0.483 e. The molecular formula is C43H44ClN7O5S2. The molecule has 1 saturated heterocycles. The summed E-state index contributed by atoms with van der Waals surface area (Å²) in [6.45, 7) is 4.74. The number of ether oxygens (including phenoxy) is 1. The topological polar surface area (TPSA) is 134 Å². The Morgan fingerprint density at radius 3 is 2.38 bits per heavy atom. The zero-order valence-electron chi connectivity index (χ0n) is 32.2. The number of nitrogens with zero attached hydrogens (tertiary/aromatic N) is 6. The SMILES string of the molecule is CN(C)CCC(CSc1ccccc1)Oc1ccc(S(=O)(=O)Nc2ncnc3cc(N4CCN(Cc5cc(Cl)ccc5-c5ccccc5)CC4)ccc23)cc1[N+](=O)[O-]. The Bertz CT molecular complexity index is 2470. The Labute approximate surface area is 348 Å². The average molecular weight is 838 g/mol. The number of sulfonamides is 1. The molecule has 0 amide bonds. The Kier molecular flexibility index (Phi) is 13.1. The first kappa shape index (κ1) is 40.9. The van der Waals surface area contributed by atoms with Crippen LogP contribution in [0.4, 0.5) is 17.2 Å². The molecule has 7 rings (SSSR count). The van der Waals surface area contributed by atoms with Crippen molar-refractivity contribution in [2.24, 2.45) is 0 Å². The molecule has 0 saturated carbocycles. The Hall–Kier alpha value is -5.25. The number of piperazine rings is 1. The third kappa shape index (κ3) is 10.2. The van der Waals surface area contributed by atoms with Gasteiger partial charge in [0, 0.05) is 72.1 Å². The van der Waals surface area contributed by atoms with E-state index in [2.05, 4.69) is 42.7 Å². The highest BCUT2D eigenvalue weighted by Gasteiger charge is 2.26. The molecule has 1 fully saturated rings. The summed E-state index contributed by atoms with van der Waals surface area (Å²) in [5.41, 5.74) is 4.60. The molecule has 6 aromatic rings. The van der Waals surface area contributed by atoms with Gasteiger partial charge in [-0.3, -0.25) is 19.7 Å². The lowest BCUT2D eigenvalue weighted by Gasteiger charge is -2.36. The van der Waals surface area contributed by atoms with Crippen molar-refractivity contribution in [2.75, 3.05) is 62.2 Å². The highest BCUT2D eigenvalue weighted by Crippen LogP contribution is 2.34. The van der Waals surface area contributed by atoms with E-state index in [4.69, 9.17) is 16.3 Å². The first-order valence-corrected chi connectivity index (χ1v) is 21.7. The summed E-state index contributed by atoms with van der Waals surface area (Å²) in [6.07, 6.45) is 1.55. The van der Waals surface area contributed by atoms with E-state index in [9.17, 15) is 18.5 Å². The summed E-state index contributed by atoms with van der Waals surface area (Å²) in [7, 11) is -0.398. The van der Waals surface area contributed by atoms with Crippen molar-refractivity contribution in [2.45, 2.75) is 28.9 Å². The number of rotatable bonds is 16. The number of hydrogen-bond acceptors (Lipinski definition) is 11. The van der Waals surface area contributed by atoms with Crippen molar-refractivity contribution in [3.05, 3.63) is 142 Å². The number of anilines is 2. The van der Waals surface area contributed by atoms with Crippen LogP contribution in [0.5, 0.6) is 5.75 Å². The number of thioether (sulfide) groups is 1. The van der Waals surface area contributed by atoms with Crippen molar-refractivity contribution < 1.29 is 18.1 Å². The molecule has 1 aliphatic rings. The summed E-state index contributed by atoms with van der Waals surface area (Å²) >= 11 is 8.02. The minimum absolute atomic E-state index is 0.00335. The number of benzene rings is 5. The number of hydrogen-bond donors (Lipinski definition) is 1. The summed E-state index contributed by atoms with van der Waals surface area (Å²) < 4.78 is 36.2. The van der Waals surface area contributed by atoms with Crippen LogP contribution in [0.2, 0.25) is 5.02 Å². The van der Waals surface area contributed by atoms with Gasteiger partial charge in [-0.1, -0.05) is 66.2 Å². The largest absolute Gasteiger partial charge is 0.483 e. The maximum atomic E-state index is 13.7. The molecule has 1 unspecified atom stereocenters. The first-order chi connectivity index (χ1) is 28.0. The molecule has 0 aliphatic carbocycles. The van der Waals surface area contributed by atoms with Gasteiger partial charge in [-0.05, 0) is 91.8 Å². The fraction of sp³-hybridized carbons (Fsp3) is 0.256. The molecule has 2 heterocycles. The molecule has 0 spiro atoms. The van der Waals surface area contributed by atoms with E-state index in [1.165, 1.54) is 29.6 Å². The second-order valence-electron chi connectivity index (χ2n) is 14.3. The highest BCUT2D eigenvalue weighted by molar-refractivity contribution is 7.99. The third-order valence-electron chi connectivity index (χ3n) is 9.94. The van der Waals surface area contributed by atoms with Crippen LogP contribution in [0.25, 0.3) is 22.0 Å². The van der Waals surface area contributed by atoms with E-state index in [0.29, 0.717) is 34.6 Å². The van der Waals surface area contributed by atoms with Crippen molar-refractivity contribution in [1.29, 1.82) is 0 Å². The molecule has 1 aromatic heterocycles. The van der Waals surface area contributed by atoms with Crippen molar-refractivity contribution in [3.8, 4) is 16.9 Å². The third-order valence-corrected chi connectivity index (χ3v) is 12.7. The van der Waals surface area contributed by atoms with E-state index >= 15 is 0 Å². The number of aromatic nitrogens is 2. The van der Waals surface area contributed by atoms with Gasteiger partial charge in [0.2, 0.25) is 0 Å². The van der Waals surface area contributed by atoms with Gasteiger partial charge in [-0.2, -0.15) is 0 Å². The van der Waals surface area contributed by atoms with Crippen LogP contribution in [0, 0.1) is 10.1 Å². The van der Waals surface area contributed by atoms with Gasteiger partial charge in [0.05, 0.1) is 15.3 Å². The van der Waals surface area contributed by atoms with Gasteiger partial charge in [0.1, 0.15) is 12.4 Å². The number of nitrogens with one attached hydrogen (secondary N) is 1. The second-order valence-corrected chi connectivity index (χ2v) is 17.5. The maximum absolute atomic E-state index is 13.7. The normalized spacial score (nSPS) is 14.1. The summed E-state index contributed by atoms with van der Waals surface area (Å²) in [5, 5.41) is 13.5. The molecule has 1 atom stereocenters. The number of fused-ring (bicyclic) bond motifs is 1. The molecule has 12 nitrogen and oxygen atoms in total. The molecule has 1 N–H and O–H groups in total. The van der Waals surface area contributed by atoms with Crippen molar-refractivity contribution in [1.82, 2.24) is 19.8 Å². The van der Waals surface area contributed by atoms with E-state index in [1.807, 2.05) is 91.8 Å². The van der Waals surface area contributed by atoms with Crippen LogP contribution in [-0.2, 0) is 16.6 Å². The van der Waals surface area contributed by atoms with Crippen LogP contribution in [0.15, 0.2) is 131 Å².